The first-order chi connectivity index (χ1) is 10.3. The van der Waals surface area contributed by atoms with E-state index in [2.05, 4.69) is 10.3 Å². The van der Waals surface area contributed by atoms with Gasteiger partial charge in [0.25, 0.3) is 0 Å². The van der Waals surface area contributed by atoms with E-state index in [-0.39, 0.29) is 17.3 Å². The first-order valence-corrected chi connectivity index (χ1v) is 7.06. The fourth-order valence-electron chi connectivity index (χ4n) is 1.88. The summed E-state index contributed by atoms with van der Waals surface area (Å²) in [4.78, 5) is 16.0. The van der Waals surface area contributed by atoms with Crippen LogP contribution in [0.5, 0.6) is 0 Å². The van der Waals surface area contributed by atoms with Crippen molar-refractivity contribution in [2.75, 3.05) is 0 Å². The van der Waals surface area contributed by atoms with Gasteiger partial charge in [-0.15, -0.1) is 0 Å². The molecule has 0 saturated heterocycles. The Morgan fingerprint density at radius 3 is 2.36 bits per heavy atom. The fourth-order valence-corrected chi connectivity index (χ4v) is 1.88. The first-order valence-electron chi connectivity index (χ1n) is 7.06. The molecule has 1 amide bonds. The molecule has 1 aromatic carbocycles. The van der Waals surface area contributed by atoms with Crippen molar-refractivity contribution in [1.29, 1.82) is 0 Å². The van der Waals surface area contributed by atoms with Gasteiger partial charge in [-0.25, -0.2) is 4.39 Å². The topological polar surface area (TPSA) is 42.0 Å². The van der Waals surface area contributed by atoms with Crippen LogP contribution in [0.1, 0.15) is 26.3 Å². The number of aromatic nitrogens is 1. The van der Waals surface area contributed by atoms with Gasteiger partial charge in [-0.05, 0) is 62.7 Å². The smallest absolute Gasteiger partial charge is 0.244 e. The van der Waals surface area contributed by atoms with E-state index in [1.165, 1.54) is 18.2 Å². The van der Waals surface area contributed by atoms with Crippen molar-refractivity contribution in [2.24, 2.45) is 0 Å². The lowest BCUT2D eigenvalue weighted by Crippen LogP contribution is -2.39. The number of amides is 1. The Kier molecular flexibility index (Phi) is 4.71. The van der Waals surface area contributed by atoms with Crippen LogP contribution in [0.25, 0.3) is 17.3 Å². The molecule has 22 heavy (non-hydrogen) atoms. The van der Waals surface area contributed by atoms with Crippen molar-refractivity contribution >= 4 is 12.0 Å². The van der Waals surface area contributed by atoms with Crippen molar-refractivity contribution in [3.8, 4) is 11.3 Å². The molecular formula is C18H19FN2O. The standard InChI is InChI=1S/C18H19FN2O/c1-18(2,3)21-17(22)11-5-13-4-10-16(20-12-13)14-6-8-15(19)9-7-14/h4-12H,1-3H3,(H,21,22)/b11-5+. The van der Waals surface area contributed by atoms with Crippen molar-refractivity contribution in [1.82, 2.24) is 10.3 Å². The zero-order valence-corrected chi connectivity index (χ0v) is 12.9. The van der Waals surface area contributed by atoms with Crippen LogP contribution in [0.2, 0.25) is 0 Å². The molecule has 0 aliphatic rings. The van der Waals surface area contributed by atoms with E-state index in [1.807, 2.05) is 32.9 Å². The van der Waals surface area contributed by atoms with Gasteiger partial charge >= 0.3 is 0 Å². The second kappa shape index (κ2) is 6.52. The summed E-state index contributed by atoms with van der Waals surface area (Å²) in [5.41, 5.74) is 2.18. The third-order valence-corrected chi connectivity index (χ3v) is 2.85. The molecule has 0 fully saturated rings. The average molecular weight is 298 g/mol. The molecule has 114 valence electrons. The number of carbonyl (C=O) groups is 1. The summed E-state index contributed by atoms with van der Waals surface area (Å²) in [6, 6.07) is 9.89. The van der Waals surface area contributed by atoms with Crippen molar-refractivity contribution in [3.05, 3.63) is 60.1 Å². The molecule has 1 N–H and O–H groups in total. The maximum atomic E-state index is 12.9. The first kappa shape index (κ1) is 15.9. The van der Waals surface area contributed by atoms with Crippen LogP contribution in [0.15, 0.2) is 48.7 Å². The summed E-state index contributed by atoms with van der Waals surface area (Å²) >= 11 is 0. The van der Waals surface area contributed by atoms with Crippen molar-refractivity contribution in [3.63, 3.8) is 0 Å². The van der Waals surface area contributed by atoms with E-state index in [0.29, 0.717) is 0 Å². The Balaban J connectivity index is 2.06. The number of pyridine rings is 1. The van der Waals surface area contributed by atoms with Gasteiger partial charge in [0.05, 0.1) is 5.69 Å². The lowest BCUT2D eigenvalue weighted by molar-refractivity contribution is -0.117. The van der Waals surface area contributed by atoms with Gasteiger partial charge in [0.15, 0.2) is 0 Å². The number of halogens is 1. The van der Waals surface area contributed by atoms with Crippen LogP contribution in [0.3, 0.4) is 0 Å². The summed E-state index contributed by atoms with van der Waals surface area (Å²) in [6.45, 7) is 5.79. The molecule has 0 saturated carbocycles. The van der Waals surface area contributed by atoms with Gasteiger partial charge in [0.1, 0.15) is 5.82 Å². The zero-order valence-electron chi connectivity index (χ0n) is 12.9. The highest BCUT2D eigenvalue weighted by Crippen LogP contribution is 2.17. The Morgan fingerprint density at radius 2 is 1.82 bits per heavy atom. The minimum Gasteiger partial charge on any atom is -0.348 e. The molecule has 0 aliphatic heterocycles. The summed E-state index contributed by atoms with van der Waals surface area (Å²) in [7, 11) is 0. The van der Waals surface area contributed by atoms with Crippen LogP contribution in [0.4, 0.5) is 4.39 Å². The molecule has 0 unspecified atom stereocenters. The van der Waals surface area contributed by atoms with Crippen molar-refractivity contribution in [2.45, 2.75) is 26.3 Å². The van der Waals surface area contributed by atoms with Crippen molar-refractivity contribution < 1.29 is 9.18 Å². The molecule has 1 aromatic heterocycles. The second-order valence-electron chi connectivity index (χ2n) is 6.06. The number of rotatable bonds is 3. The minimum absolute atomic E-state index is 0.143. The quantitative estimate of drug-likeness (QED) is 0.875. The van der Waals surface area contributed by atoms with Gasteiger partial charge in [-0.1, -0.05) is 6.07 Å². The Labute approximate surface area is 129 Å². The Hall–Kier alpha value is -2.49. The van der Waals surface area contributed by atoms with Crippen LogP contribution in [0, 0.1) is 5.82 Å². The van der Waals surface area contributed by atoms with E-state index in [9.17, 15) is 9.18 Å². The normalized spacial score (nSPS) is 11.6. The Morgan fingerprint density at radius 1 is 1.14 bits per heavy atom. The molecule has 3 nitrogen and oxygen atoms in total. The lowest BCUT2D eigenvalue weighted by Gasteiger charge is -2.18. The van der Waals surface area contributed by atoms with Crippen LogP contribution >= 0.6 is 0 Å². The van der Waals surface area contributed by atoms with Gasteiger partial charge in [-0.3, -0.25) is 9.78 Å². The summed E-state index contributed by atoms with van der Waals surface area (Å²) < 4.78 is 12.9. The van der Waals surface area contributed by atoms with E-state index >= 15 is 0 Å². The molecule has 0 radical (unpaired) electrons. The third-order valence-electron chi connectivity index (χ3n) is 2.85. The molecule has 0 atom stereocenters. The maximum Gasteiger partial charge on any atom is 0.244 e. The van der Waals surface area contributed by atoms with E-state index in [0.717, 1.165) is 16.8 Å². The van der Waals surface area contributed by atoms with Crippen LogP contribution in [-0.2, 0) is 4.79 Å². The molecular weight excluding hydrogens is 279 g/mol. The molecule has 0 bridgehead atoms. The molecule has 1 heterocycles. The predicted octanol–water partition coefficient (Wildman–Crippen LogP) is 3.82. The third kappa shape index (κ3) is 4.81. The fraction of sp³-hybridized carbons (Fsp3) is 0.222. The highest BCUT2D eigenvalue weighted by Gasteiger charge is 2.11. The lowest BCUT2D eigenvalue weighted by atomic mass is 10.1. The number of nitrogens with one attached hydrogen (secondary N) is 1. The summed E-state index contributed by atoms with van der Waals surface area (Å²) in [5.74, 6) is -0.414. The number of nitrogens with zero attached hydrogens (tertiary/aromatic N) is 1. The minimum atomic E-state index is -0.270. The van der Waals surface area contributed by atoms with E-state index < -0.39 is 0 Å². The van der Waals surface area contributed by atoms with Gasteiger partial charge in [0, 0.05) is 23.4 Å². The molecule has 2 rings (SSSR count). The molecule has 2 aromatic rings. The number of benzene rings is 1. The molecule has 0 spiro atoms. The van der Waals surface area contributed by atoms with Gasteiger partial charge in [-0.2, -0.15) is 0 Å². The second-order valence-corrected chi connectivity index (χ2v) is 6.06. The average Bonchev–Trinajstić information content (AvgIpc) is 2.45. The summed E-state index contributed by atoms with van der Waals surface area (Å²) in [6.07, 6.45) is 4.88. The maximum absolute atomic E-state index is 12.9. The highest BCUT2D eigenvalue weighted by molar-refractivity contribution is 5.92. The van der Waals surface area contributed by atoms with E-state index in [4.69, 9.17) is 0 Å². The van der Waals surface area contributed by atoms with Gasteiger partial charge in [0.2, 0.25) is 5.91 Å². The van der Waals surface area contributed by atoms with Gasteiger partial charge < -0.3 is 5.32 Å². The zero-order chi connectivity index (χ0) is 16.2. The molecule has 4 heteroatoms. The number of hydrogen-bond acceptors (Lipinski definition) is 2. The summed E-state index contributed by atoms with van der Waals surface area (Å²) in [5, 5.41) is 2.85. The predicted molar refractivity (Wildman–Crippen MR) is 86.6 cm³/mol. The Bertz CT molecular complexity index is 668. The number of hydrogen-bond donors (Lipinski definition) is 1. The SMILES string of the molecule is CC(C)(C)NC(=O)/C=C/c1ccc(-c2ccc(F)cc2)nc1. The van der Waals surface area contributed by atoms with Crippen LogP contribution < -0.4 is 5.32 Å². The molecule has 0 aliphatic carbocycles. The highest BCUT2D eigenvalue weighted by atomic mass is 19.1. The van der Waals surface area contributed by atoms with Crippen LogP contribution in [-0.4, -0.2) is 16.4 Å². The monoisotopic (exact) mass is 298 g/mol. The number of carbonyl (C=O) groups excluding carboxylic acids is 1. The largest absolute Gasteiger partial charge is 0.348 e. The van der Waals surface area contributed by atoms with E-state index in [1.54, 1.807) is 24.4 Å².